The molecule has 1 saturated carbocycles. The Kier molecular flexibility index (Phi) is 8.92. The lowest BCUT2D eigenvalue weighted by atomic mass is 9.93. The molecule has 1 aromatic carbocycles. The van der Waals surface area contributed by atoms with E-state index >= 15 is 0 Å². The number of piperidine rings is 1. The summed E-state index contributed by atoms with van der Waals surface area (Å²) in [5.74, 6) is 0.958. The van der Waals surface area contributed by atoms with Crippen molar-refractivity contribution >= 4 is 0 Å². The second kappa shape index (κ2) is 10.7. The smallest absolute Gasteiger partial charge is 0.118 e. The third-order valence-electron chi connectivity index (χ3n) is 6.46. The molecular formula is C22H37BrN2O. The molecule has 1 aliphatic carbocycles. The maximum absolute atomic E-state index is 5.31. The first-order valence-electron chi connectivity index (χ1n) is 10.4. The van der Waals surface area contributed by atoms with Gasteiger partial charge in [0.1, 0.15) is 5.75 Å². The largest absolute Gasteiger partial charge is 1.00 e. The van der Waals surface area contributed by atoms with Crippen LogP contribution in [-0.2, 0) is 6.54 Å². The van der Waals surface area contributed by atoms with Gasteiger partial charge in [0.05, 0.1) is 33.8 Å². The standard InChI is InChI=1S/C22H37N2O.BrH/c1-24(16-7-4-8-17-24)18-15-23(21-9-5-3-6-10-21)19-20-11-13-22(25-2)14-12-20;/h11-14,21H,3-10,15-19H2,1-2H3;1H/q+1;/p-1. The molecule has 1 saturated heterocycles. The van der Waals surface area contributed by atoms with Crippen molar-refractivity contribution in [2.45, 2.75) is 64.0 Å². The van der Waals surface area contributed by atoms with E-state index in [1.807, 2.05) is 0 Å². The molecule has 0 radical (unpaired) electrons. The van der Waals surface area contributed by atoms with Crippen LogP contribution >= 0.6 is 0 Å². The lowest BCUT2D eigenvalue weighted by Crippen LogP contribution is -3.00. The molecule has 148 valence electrons. The first kappa shape index (κ1) is 21.7. The summed E-state index contributed by atoms with van der Waals surface area (Å²) >= 11 is 0. The van der Waals surface area contributed by atoms with Crippen LogP contribution in [0.4, 0.5) is 0 Å². The van der Waals surface area contributed by atoms with Crippen molar-refractivity contribution in [3.05, 3.63) is 29.8 Å². The molecule has 0 bridgehead atoms. The van der Waals surface area contributed by atoms with Gasteiger partial charge in [0.15, 0.2) is 0 Å². The van der Waals surface area contributed by atoms with Gasteiger partial charge in [0.2, 0.25) is 0 Å². The Morgan fingerprint density at radius 1 is 0.962 bits per heavy atom. The van der Waals surface area contributed by atoms with Crippen molar-refractivity contribution < 1.29 is 26.2 Å². The van der Waals surface area contributed by atoms with E-state index in [1.54, 1.807) is 7.11 Å². The number of nitrogens with zero attached hydrogens (tertiary/aromatic N) is 2. The SMILES string of the molecule is COc1ccc(CN(CC[N+]2(C)CCCCC2)C2CCCCC2)cc1.[Br-]. The molecule has 0 unspecified atom stereocenters. The normalized spacial score (nSPS) is 20.6. The van der Waals surface area contributed by atoms with Crippen LogP contribution in [0.5, 0.6) is 5.75 Å². The molecule has 1 heterocycles. The fourth-order valence-corrected chi connectivity index (χ4v) is 4.67. The van der Waals surface area contributed by atoms with E-state index in [-0.39, 0.29) is 17.0 Å². The van der Waals surface area contributed by atoms with Crippen LogP contribution in [0.15, 0.2) is 24.3 Å². The second-order valence-corrected chi connectivity index (χ2v) is 8.46. The lowest BCUT2D eigenvalue weighted by molar-refractivity contribution is -0.913. The fraction of sp³-hybridized carbons (Fsp3) is 0.727. The zero-order chi connectivity index (χ0) is 17.5. The summed E-state index contributed by atoms with van der Waals surface area (Å²) < 4.78 is 6.60. The summed E-state index contributed by atoms with van der Waals surface area (Å²) in [4.78, 5) is 2.79. The number of benzene rings is 1. The van der Waals surface area contributed by atoms with Gasteiger partial charge in [-0.1, -0.05) is 31.4 Å². The zero-order valence-electron chi connectivity index (χ0n) is 16.8. The molecule has 26 heavy (non-hydrogen) atoms. The fourth-order valence-electron chi connectivity index (χ4n) is 4.67. The zero-order valence-corrected chi connectivity index (χ0v) is 18.3. The molecule has 1 aromatic rings. The van der Waals surface area contributed by atoms with Crippen LogP contribution in [0.1, 0.15) is 56.9 Å². The van der Waals surface area contributed by atoms with Crippen LogP contribution < -0.4 is 21.7 Å². The number of hydrogen-bond acceptors (Lipinski definition) is 2. The van der Waals surface area contributed by atoms with Crippen molar-refractivity contribution in [2.75, 3.05) is 40.3 Å². The molecule has 2 fully saturated rings. The van der Waals surface area contributed by atoms with Crippen molar-refractivity contribution in [1.82, 2.24) is 4.90 Å². The van der Waals surface area contributed by atoms with Gasteiger partial charge in [0.25, 0.3) is 0 Å². The van der Waals surface area contributed by atoms with Crippen molar-refractivity contribution in [3.8, 4) is 5.75 Å². The number of quaternary nitrogens is 1. The summed E-state index contributed by atoms with van der Waals surface area (Å²) in [6.45, 7) is 6.40. The molecule has 0 N–H and O–H groups in total. The van der Waals surface area contributed by atoms with Crippen molar-refractivity contribution in [1.29, 1.82) is 0 Å². The van der Waals surface area contributed by atoms with E-state index in [2.05, 4.69) is 36.2 Å². The highest BCUT2D eigenvalue weighted by molar-refractivity contribution is 5.27. The van der Waals surface area contributed by atoms with Gasteiger partial charge in [-0.15, -0.1) is 0 Å². The molecule has 0 spiro atoms. The van der Waals surface area contributed by atoms with Gasteiger partial charge in [0, 0.05) is 19.1 Å². The molecule has 0 atom stereocenters. The molecule has 3 nitrogen and oxygen atoms in total. The highest BCUT2D eigenvalue weighted by Crippen LogP contribution is 2.25. The molecule has 1 aliphatic heterocycles. The minimum atomic E-state index is 0. The molecule has 4 heteroatoms. The Hall–Kier alpha value is -0.580. The summed E-state index contributed by atoms with van der Waals surface area (Å²) in [7, 11) is 4.22. The highest BCUT2D eigenvalue weighted by Gasteiger charge is 2.28. The number of hydrogen-bond donors (Lipinski definition) is 0. The molecule has 3 rings (SSSR count). The van der Waals surface area contributed by atoms with Crippen molar-refractivity contribution in [3.63, 3.8) is 0 Å². The quantitative estimate of drug-likeness (QED) is 0.614. The van der Waals surface area contributed by atoms with E-state index in [0.29, 0.717) is 0 Å². The minimum absolute atomic E-state index is 0. The first-order valence-corrected chi connectivity index (χ1v) is 10.4. The predicted octanol–water partition coefficient (Wildman–Crippen LogP) is 1.46. The van der Waals surface area contributed by atoms with E-state index < -0.39 is 0 Å². The topological polar surface area (TPSA) is 12.5 Å². The Morgan fingerprint density at radius 2 is 1.58 bits per heavy atom. The minimum Gasteiger partial charge on any atom is -1.00 e. The third-order valence-corrected chi connectivity index (χ3v) is 6.46. The van der Waals surface area contributed by atoms with E-state index in [0.717, 1.165) is 18.3 Å². The van der Waals surface area contributed by atoms with Gasteiger partial charge < -0.3 is 26.2 Å². The molecular weight excluding hydrogens is 388 g/mol. The van der Waals surface area contributed by atoms with Crippen LogP contribution in [0.25, 0.3) is 0 Å². The number of ether oxygens (including phenoxy) is 1. The van der Waals surface area contributed by atoms with E-state index in [9.17, 15) is 0 Å². The van der Waals surface area contributed by atoms with Gasteiger partial charge in [-0.05, 0) is 49.8 Å². The average molecular weight is 425 g/mol. The van der Waals surface area contributed by atoms with Gasteiger partial charge in [-0.2, -0.15) is 0 Å². The van der Waals surface area contributed by atoms with E-state index in [4.69, 9.17) is 4.74 Å². The summed E-state index contributed by atoms with van der Waals surface area (Å²) in [5, 5.41) is 0. The third kappa shape index (κ3) is 6.24. The van der Waals surface area contributed by atoms with Crippen LogP contribution in [0.3, 0.4) is 0 Å². The highest BCUT2D eigenvalue weighted by atomic mass is 79.9. The number of methoxy groups -OCH3 is 1. The summed E-state index contributed by atoms with van der Waals surface area (Å²) in [5.41, 5.74) is 1.42. The number of likely N-dealkylation sites (N-methyl/N-ethyl adjacent to an activating group) is 1. The lowest BCUT2D eigenvalue weighted by Gasteiger charge is -2.41. The van der Waals surface area contributed by atoms with Gasteiger partial charge in [-0.25, -0.2) is 0 Å². The monoisotopic (exact) mass is 424 g/mol. The Balaban J connectivity index is 0.00000243. The van der Waals surface area contributed by atoms with Crippen LogP contribution in [-0.4, -0.2) is 55.8 Å². The molecule has 0 aromatic heterocycles. The van der Waals surface area contributed by atoms with Crippen LogP contribution in [0.2, 0.25) is 0 Å². The summed E-state index contributed by atoms with van der Waals surface area (Å²) in [6.07, 6.45) is 11.3. The van der Waals surface area contributed by atoms with Gasteiger partial charge >= 0.3 is 0 Å². The summed E-state index contributed by atoms with van der Waals surface area (Å²) in [6, 6.07) is 9.48. The first-order chi connectivity index (χ1) is 12.2. The number of likely N-dealkylation sites (tertiary alicyclic amines) is 1. The van der Waals surface area contributed by atoms with E-state index in [1.165, 1.54) is 87.6 Å². The Bertz CT molecular complexity index is 507. The van der Waals surface area contributed by atoms with Crippen LogP contribution in [0, 0.1) is 0 Å². The molecule has 0 amide bonds. The van der Waals surface area contributed by atoms with Crippen molar-refractivity contribution in [2.24, 2.45) is 0 Å². The second-order valence-electron chi connectivity index (χ2n) is 8.46. The Morgan fingerprint density at radius 3 is 2.19 bits per heavy atom. The number of rotatable bonds is 7. The van der Waals surface area contributed by atoms with Gasteiger partial charge in [-0.3, -0.25) is 4.90 Å². The maximum Gasteiger partial charge on any atom is 0.118 e. The number of halogens is 1. The predicted molar refractivity (Wildman–Crippen MR) is 105 cm³/mol. The molecule has 2 aliphatic rings. The maximum atomic E-state index is 5.31. The Labute approximate surface area is 171 Å². The average Bonchev–Trinajstić information content (AvgIpc) is 2.67.